The molecule has 0 saturated carbocycles. The van der Waals surface area contributed by atoms with Gasteiger partial charge in [-0.05, 0) is 12.1 Å². The van der Waals surface area contributed by atoms with Gasteiger partial charge in [0.2, 0.25) is 5.91 Å². The van der Waals surface area contributed by atoms with Crippen LogP contribution in [0.15, 0.2) is 24.3 Å². The van der Waals surface area contributed by atoms with Gasteiger partial charge in [-0.3, -0.25) is 14.9 Å². The Bertz CT molecular complexity index is 389. The van der Waals surface area contributed by atoms with Crippen LogP contribution in [0.25, 0.3) is 0 Å². The van der Waals surface area contributed by atoms with Crippen molar-refractivity contribution >= 4 is 17.3 Å². The molecule has 0 aliphatic rings. The number of nitro groups is 1. The summed E-state index contributed by atoms with van der Waals surface area (Å²) in [6, 6.07) is 6.13. The number of nitrogens with two attached hydrogens (primary N) is 1. The van der Waals surface area contributed by atoms with Crippen LogP contribution < -0.4 is 10.6 Å². The number of carbonyl (C=O) groups excluding carboxylic acids is 1. The quantitative estimate of drug-likeness (QED) is 0.593. The molecule has 0 fully saturated rings. The standard InChI is InChI=1S/C10H13N3O3/c1-12(7-6-10(11)14)8-2-4-9(5-3-8)13(15)16/h2-5H,6-7H2,1H3,(H2,11,14). The molecule has 6 nitrogen and oxygen atoms in total. The molecule has 0 atom stereocenters. The number of benzene rings is 1. The van der Waals surface area contributed by atoms with Gasteiger partial charge in [0.1, 0.15) is 0 Å². The summed E-state index contributed by atoms with van der Waals surface area (Å²) in [7, 11) is 1.80. The third-order valence-electron chi connectivity index (χ3n) is 2.19. The van der Waals surface area contributed by atoms with E-state index in [4.69, 9.17) is 5.73 Å². The molecule has 1 rings (SSSR count). The maximum atomic E-state index is 10.6. The Hall–Kier alpha value is -2.11. The molecule has 0 saturated heterocycles. The van der Waals surface area contributed by atoms with Gasteiger partial charge in [0.15, 0.2) is 0 Å². The highest BCUT2D eigenvalue weighted by Crippen LogP contribution is 2.18. The maximum absolute atomic E-state index is 10.6. The molecule has 1 amide bonds. The van der Waals surface area contributed by atoms with Crippen LogP contribution in [0.1, 0.15) is 6.42 Å². The monoisotopic (exact) mass is 223 g/mol. The Morgan fingerprint density at radius 1 is 1.44 bits per heavy atom. The number of amides is 1. The van der Waals surface area contributed by atoms with E-state index >= 15 is 0 Å². The Kier molecular flexibility index (Phi) is 3.82. The number of hydrogen-bond acceptors (Lipinski definition) is 4. The summed E-state index contributed by atoms with van der Waals surface area (Å²) in [5, 5.41) is 10.4. The maximum Gasteiger partial charge on any atom is 0.269 e. The fourth-order valence-electron chi connectivity index (χ4n) is 1.24. The summed E-state index contributed by atoms with van der Waals surface area (Å²) in [4.78, 5) is 22.4. The van der Waals surface area contributed by atoms with Gasteiger partial charge in [0.05, 0.1) is 4.92 Å². The van der Waals surface area contributed by atoms with Crippen LogP contribution in [0.3, 0.4) is 0 Å². The van der Waals surface area contributed by atoms with Crippen molar-refractivity contribution in [1.82, 2.24) is 0 Å². The molecule has 0 radical (unpaired) electrons. The number of anilines is 1. The first-order chi connectivity index (χ1) is 7.50. The van der Waals surface area contributed by atoms with Crippen LogP contribution in [0.5, 0.6) is 0 Å². The lowest BCUT2D eigenvalue weighted by Crippen LogP contribution is -2.23. The summed E-state index contributed by atoms with van der Waals surface area (Å²) in [6.07, 6.45) is 0.257. The Balaban J connectivity index is 2.66. The molecule has 0 aliphatic carbocycles. The average Bonchev–Trinajstić information content (AvgIpc) is 2.26. The van der Waals surface area contributed by atoms with Gasteiger partial charge in [0, 0.05) is 37.8 Å². The number of carbonyl (C=O) groups is 1. The summed E-state index contributed by atoms with van der Waals surface area (Å²) in [6.45, 7) is 0.493. The van der Waals surface area contributed by atoms with E-state index in [1.54, 1.807) is 19.2 Å². The zero-order chi connectivity index (χ0) is 12.1. The molecule has 6 heteroatoms. The first-order valence-electron chi connectivity index (χ1n) is 4.74. The third-order valence-corrected chi connectivity index (χ3v) is 2.19. The van der Waals surface area contributed by atoms with Gasteiger partial charge < -0.3 is 10.6 Å². The van der Waals surface area contributed by atoms with Crippen LogP contribution >= 0.6 is 0 Å². The molecule has 0 unspecified atom stereocenters. The molecule has 0 spiro atoms. The summed E-state index contributed by atoms with van der Waals surface area (Å²) < 4.78 is 0. The zero-order valence-corrected chi connectivity index (χ0v) is 8.92. The Labute approximate surface area is 92.8 Å². The van der Waals surface area contributed by atoms with Gasteiger partial charge in [-0.15, -0.1) is 0 Å². The molecule has 0 heterocycles. The number of nitro benzene ring substituents is 1. The summed E-state index contributed by atoms with van der Waals surface area (Å²) in [5.41, 5.74) is 5.89. The van der Waals surface area contributed by atoms with E-state index in [-0.39, 0.29) is 18.0 Å². The van der Waals surface area contributed by atoms with E-state index in [2.05, 4.69) is 0 Å². The normalized spacial score (nSPS) is 9.81. The van der Waals surface area contributed by atoms with E-state index in [1.165, 1.54) is 12.1 Å². The molecule has 0 aromatic heterocycles. The fourth-order valence-corrected chi connectivity index (χ4v) is 1.24. The molecule has 16 heavy (non-hydrogen) atoms. The molecule has 1 aromatic carbocycles. The van der Waals surface area contributed by atoms with Crippen molar-refractivity contribution in [3.05, 3.63) is 34.4 Å². The van der Waals surface area contributed by atoms with Crippen LogP contribution in [-0.4, -0.2) is 24.4 Å². The zero-order valence-electron chi connectivity index (χ0n) is 8.92. The van der Waals surface area contributed by atoms with Crippen molar-refractivity contribution in [2.75, 3.05) is 18.5 Å². The number of non-ortho nitro benzene ring substituents is 1. The van der Waals surface area contributed by atoms with Gasteiger partial charge in [0.25, 0.3) is 5.69 Å². The third kappa shape index (κ3) is 3.23. The van der Waals surface area contributed by atoms with Gasteiger partial charge in [-0.25, -0.2) is 0 Å². The summed E-state index contributed by atoms with van der Waals surface area (Å²) in [5.74, 6) is -0.367. The number of primary amides is 1. The van der Waals surface area contributed by atoms with E-state index in [9.17, 15) is 14.9 Å². The van der Waals surface area contributed by atoms with Crippen molar-refractivity contribution < 1.29 is 9.72 Å². The van der Waals surface area contributed by atoms with Crippen LogP contribution in [-0.2, 0) is 4.79 Å². The number of rotatable bonds is 5. The van der Waals surface area contributed by atoms with Crippen molar-refractivity contribution in [2.24, 2.45) is 5.73 Å². The van der Waals surface area contributed by atoms with Gasteiger partial charge in [-0.2, -0.15) is 0 Å². The largest absolute Gasteiger partial charge is 0.374 e. The van der Waals surface area contributed by atoms with Crippen molar-refractivity contribution in [2.45, 2.75) is 6.42 Å². The van der Waals surface area contributed by atoms with Crippen LogP contribution in [0.2, 0.25) is 0 Å². The lowest BCUT2D eigenvalue weighted by Gasteiger charge is -2.17. The molecule has 0 aliphatic heterocycles. The number of hydrogen-bond donors (Lipinski definition) is 1. The highest BCUT2D eigenvalue weighted by molar-refractivity contribution is 5.74. The molecular weight excluding hydrogens is 210 g/mol. The lowest BCUT2D eigenvalue weighted by atomic mass is 10.2. The van der Waals surface area contributed by atoms with E-state index in [1.807, 2.05) is 4.90 Å². The summed E-state index contributed by atoms with van der Waals surface area (Å²) >= 11 is 0. The molecule has 2 N–H and O–H groups in total. The second-order valence-electron chi connectivity index (χ2n) is 3.41. The molecule has 0 bridgehead atoms. The van der Waals surface area contributed by atoms with E-state index < -0.39 is 4.92 Å². The molecule has 86 valence electrons. The van der Waals surface area contributed by atoms with Crippen molar-refractivity contribution in [3.8, 4) is 0 Å². The predicted molar refractivity (Wildman–Crippen MR) is 60.2 cm³/mol. The van der Waals surface area contributed by atoms with Crippen molar-refractivity contribution in [1.29, 1.82) is 0 Å². The van der Waals surface area contributed by atoms with Gasteiger partial charge >= 0.3 is 0 Å². The minimum absolute atomic E-state index is 0.0482. The Morgan fingerprint density at radius 2 is 2.00 bits per heavy atom. The van der Waals surface area contributed by atoms with E-state index in [0.29, 0.717) is 6.54 Å². The minimum Gasteiger partial charge on any atom is -0.374 e. The fraction of sp³-hybridized carbons (Fsp3) is 0.300. The smallest absolute Gasteiger partial charge is 0.269 e. The second-order valence-corrected chi connectivity index (χ2v) is 3.41. The minimum atomic E-state index is -0.451. The average molecular weight is 223 g/mol. The first-order valence-corrected chi connectivity index (χ1v) is 4.74. The lowest BCUT2D eigenvalue weighted by molar-refractivity contribution is -0.384. The second kappa shape index (κ2) is 5.11. The highest BCUT2D eigenvalue weighted by atomic mass is 16.6. The van der Waals surface area contributed by atoms with Crippen LogP contribution in [0, 0.1) is 10.1 Å². The predicted octanol–water partition coefficient (Wildman–Crippen LogP) is 0.906. The molecular formula is C10H13N3O3. The highest BCUT2D eigenvalue weighted by Gasteiger charge is 2.07. The van der Waals surface area contributed by atoms with Gasteiger partial charge in [-0.1, -0.05) is 0 Å². The molecule has 1 aromatic rings. The SMILES string of the molecule is CN(CCC(N)=O)c1ccc([N+](=O)[O-])cc1. The number of nitrogens with zero attached hydrogens (tertiary/aromatic N) is 2. The van der Waals surface area contributed by atoms with Crippen molar-refractivity contribution in [3.63, 3.8) is 0 Å². The topological polar surface area (TPSA) is 89.5 Å². The first kappa shape index (κ1) is 12.0. The van der Waals surface area contributed by atoms with Crippen LogP contribution in [0.4, 0.5) is 11.4 Å². The van der Waals surface area contributed by atoms with E-state index in [0.717, 1.165) is 5.69 Å². The Morgan fingerprint density at radius 3 is 2.44 bits per heavy atom.